The molecule has 0 aromatic heterocycles. The molecule has 0 spiro atoms. The number of carbonyl (C=O) groups is 3. The largest absolute Gasteiger partial charge is 0.507 e. The van der Waals surface area contributed by atoms with E-state index in [0.29, 0.717) is 5.57 Å². The van der Waals surface area contributed by atoms with Gasteiger partial charge in [0.2, 0.25) is 5.54 Å². The Balaban J connectivity index is 2.13. The quantitative estimate of drug-likeness (QED) is 0.407. The van der Waals surface area contributed by atoms with E-state index in [1.165, 1.54) is 18.2 Å². The predicted molar refractivity (Wildman–Crippen MR) is 99.5 cm³/mol. The first-order valence-corrected chi connectivity index (χ1v) is 9.10. The van der Waals surface area contributed by atoms with Crippen molar-refractivity contribution < 1.29 is 29.7 Å². The molecule has 28 heavy (non-hydrogen) atoms. The van der Waals surface area contributed by atoms with Crippen LogP contribution in [0.15, 0.2) is 35.0 Å². The first kappa shape index (κ1) is 19.0. The Kier molecular flexibility index (Phi) is 3.64. The molecule has 3 aliphatic rings. The molecule has 0 aliphatic heterocycles. The number of rotatable bonds is 1. The Hall–Kier alpha value is -2.36. The maximum atomic E-state index is 13.4. The predicted octanol–water partition coefficient (Wildman–Crippen LogP) is 1.12. The molecular weight excluding hydrogens is 386 g/mol. The topological polar surface area (TPSA) is 141 Å². The van der Waals surface area contributed by atoms with Crippen LogP contribution in [-0.4, -0.2) is 54.2 Å². The number of ketones is 3. The van der Waals surface area contributed by atoms with Gasteiger partial charge in [0.05, 0.1) is 5.56 Å². The number of phenolic OH excluding ortho intramolecular Hbond substituents is 1. The van der Waals surface area contributed by atoms with Gasteiger partial charge in [0.15, 0.2) is 23.0 Å². The van der Waals surface area contributed by atoms with Gasteiger partial charge in [-0.1, -0.05) is 17.7 Å². The lowest BCUT2D eigenvalue weighted by Gasteiger charge is -2.61. The molecule has 0 amide bonds. The summed E-state index contributed by atoms with van der Waals surface area (Å²) < 4.78 is -2.23. The number of hydrogen-bond donors (Lipinski definition) is 4. The monoisotopic (exact) mass is 403 g/mol. The van der Waals surface area contributed by atoms with Crippen LogP contribution in [-0.2, 0) is 4.79 Å². The fraction of sp³-hybridized carbons (Fsp3) is 0.421. The number of thiol groups is 1. The average molecular weight is 403 g/mol. The number of nitrogens with zero attached hydrogens (tertiary/aromatic N) is 1. The van der Waals surface area contributed by atoms with Crippen molar-refractivity contribution in [3.05, 3.63) is 45.9 Å². The summed E-state index contributed by atoms with van der Waals surface area (Å²) in [6, 6.07) is 3.69. The Bertz CT molecular complexity index is 1020. The molecule has 0 bridgehead atoms. The SMILES string of the molecule is CC1=CC(=O)C2(N=O)C(O)(CCC3(S)C(=O)c4c(O)cccc4C(=O)C32O)C1. The fourth-order valence-corrected chi connectivity index (χ4v) is 5.53. The van der Waals surface area contributed by atoms with Gasteiger partial charge in [-0.2, -0.15) is 12.6 Å². The number of phenols is 1. The maximum absolute atomic E-state index is 13.4. The summed E-state index contributed by atoms with van der Waals surface area (Å²) in [7, 11) is 0. The Morgan fingerprint density at radius 2 is 1.79 bits per heavy atom. The highest BCUT2D eigenvalue weighted by atomic mass is 32.1. The van der Waals surface area contributed by atoms with Crippen molar-refractivity contribution in [2.75, 3.05) is 0 Å². The summed E-state index contributed by atoms with van der Waals surface area (Å²) in [4.78, 5) is 51.8. The van der Waals surface area contributed by atoms with E-state index in [2.05, 4.69) is 17.8 Å². The molecule has 8 nitrogen and oxygen atoms in total. The number of carbonyl (C=O) groups excluding carboxylic acids is 3. The summed E-state index contributed by atoms with van der Waals surface area (Å²) >= 11 is 4.30. The molecule has 1 saturated carbocycles. The van der Waals surface area contributed by atoms with Crippen LogP contribution in [0.4, 0.5) is 0 Å². The van der Waals surface area contributed by atoms with Crippen molar-refractivity contribution in [1.29, 1.82) is 0 Å². The number of aliphatic hydroxyl groups is 2. The summed E-state index contributed by atoms with van der Waals surface area (Å²) in [5, 5.41) is 35.9. The summed E-state index contributed by atoms with van der Waals surface area (Å²) in [6.07, 6.45) is 0.289. The Morgan fingerprint density at radius 1 is 1.11 bits per heavy atom. The number of hydrogen-bond acceptors (Lipinski definition) is 9. The van der Waals surface area contributed by atoms with Crippen molar-refractivity contribution >= 4 is 30.0 Å². The third-order valence-corrected chi connectivity index (χ3v) is 7.11. The van der Waals surface area contributed by atoms with Crippen LogP contribution in [0.5, 0.6) is 5.75 Å². The van der Waals surface area contributed by atoms with Crippen LogP contribution in [0, 0.1) is 4.91 Å². The Labute approximate surface area is 164 Å². The van der Waals surface area contributed by atoms with Gasteiger partial charge in [0.25, 0.3) is 0 Å². The van der Waals surface area contributed by atoms with Crippen LogP contribution >= 0.6 is 12.6 Å². The van der Waals surface area contributed by atoms with Crippen molar-refractivity contribution in [2.24, 2.45) is 5.18 Å². The Morgan fingerprint density at radius 3 is 2.43 bits per heavy atom. The van der Waals surface area contributed by atoms with E-state index >= 15 is 0 Å². The average Bonchev–Trinajstić information content (AvgIpc) is 2.62. The fourth-order valence-electron chi connectivity index (χ4n) is 5.05. The molecule has 0 saturated heterocycles. The zero-order valence-electron chi connectivity index (χ0n) is 14.8. The van der Waals surface area contributed by atoms with Crippen LogP contribution in [0.1, 0.15) is 46.9 Å². The molecule has 1 aromatic carbocycles. The first-order valence-electron chi connectivity index (χ1n) is 8.65. The summed E-state index contributed by atoms with van der Waals surface area (Å²) in [6.45, 7) is 1.57. The van der Waals surface area contributed by atoms with Gasteiger partial charge in [-0.25, -0.2) is 0 Å². The molecule has 1 fully saturated rings. The lowest BCUT2D eigenvalue weighted by molar-refractivity contribution is -0.174. The normalized spacial score (nSPS) is 39.6. The van der Waals surface area contributed by atoms with Crippen molar-refractivity contribution in [3.63, 3.8) is 0 Å². The number of benzene rings is 1. The van der Waals surface area contributed by atoms with E-state index in [1.54, 1.807) is 6.92 Å². The van der Waals surface area contributed by atoms with E-state index in [-0.39, 0.29) is 30.4 Å². The number of aromatic hydroxyl groups is 1. The van der Waals surface area contributed by atoms with Gasteiger partial charge in [-0.15, -0.1) is 4.91 Å². The van der Waals surface area contributed by atoms with Crippen LogP contribution in [0.25, 0.3) is 0 Å². The lowest BCUT2D eigenvalue weighted by Crippen LogP contribution is -2.85. The second-order valence-corrected chi connectivity index (χ2v) is 8.56. The lowest BCUT2D eigenvalue weighted by atomic mass is 9.47. The van der Waals surface area contributed by atoms with E-state index in [1.807, 2.05) is 0 Å². The first-order chi connectivity index (χ1) is 13.0. The second-order valence-electron chi connectivity index (χ2n) is 7.79. The van der Waals surface area contributed by atoms with E-state index in [9.17, 15) is 34.6 Å². The van der Waals surface area contributed by atoms with Crippen molar-refractivity contribution in [1.82, 2.24) is 0 Å². The molecule has 0 radical (unpaired) electrons. The summed E-state index contributed by atoms with van der Waals surface area (Å²) in [5.74, 6) is -3.60. The molecule has 1 aromatic rings. The number of nitroso groups, excluding NO2 is 1. The molecule has 9 heteroatoms. The van der Waals surface area contributed by atoms with Crippen molar-refractivity contribution in [3.8, 4) is 5.75 Å². The third-order valence-electron chi connectivity index (χ3n) is 6.36. The smallest absolute Gasteiger partial charge is 0.230 e. The van der Waals surface area contributed by atoms with Crippen LogP contribution in [0.3, 0.4) is 0 Å². The highest BCUT2D eigenvalue weighted by Gasteiger charge is 2.83. The number of Topliss-reactive ketones (excluding diaryl/α,β-unsaturated/α-hetero) is 2. The standard InChI is InChI=1S/C19H17NO7S/c1-9-7-12(22)18(20-27)16(25,8-9)5-6-17(28)15(24)13-10(3-2-4-11(13)21)14(23)19(17,18)26/h2-4,7,21,25-26,28H,5-6,8H2,1H3. The van der Waals surface area contributed by atoms with Crippen LogP contribution in [0.2, 0.25) is 0 Å². The minimum absolute atomic E-state index is 0.176. The molecular formula is C19H17NO7S. The minimum Gasteiger partial charge on any atom is -0.507 e. The van der Waals surface area contributed by atoms with Gasteiger partial charge in [0, 0.05) is 12.0 Å². The van der Waals surface area contributed by atoms with Gasteiger partial charge in [-0.3, -0.25) is 14.4 Å². The zero-order chi connectivity index (χ0) is 20.7. The highest BCUT2D eigenvalue weighted by Crippen LogP contribution is 2.61. The van der Waals surface area contributed by atoms with Crippen LogP contribution < -0.4 is 0 Å². The number of fused-ring (bicyclic) bond motifs is 4. The highest BCUT2D eigenvalue weighted by molar-refractivity contribution is 7.83. The minimum atomic E-state index is -3.02. The molecule has 4 unspecified atom stereocenters. The van der Waals surface area contributed by atoms with E-state index < -0.39 is 44.6 Å². The molecule has 3 N–H and O–H groups in total. The molecule has 3 aliphatic carbocycles. The maximum Gasteiger partial charge on any atom is 0.230 e. The molecule has 146 valence electrons. The van der Waals surface area contributed by atoms with E-state index in [0.717, 1.165) is 6.08 Å². The van der Waals surface area contributed by atoms with Gasteiger partial charge >= 0.3 is 0 Å². The van der Waals surface area contributed by atoms with Gasteiger partial charge in [0.1, 0.15) is 16.1 Å². The van der Waals surface area contributed by atoms with Crippen molar-refractivity contribution in [2.45, 2.75) is 47.7 Å². The molecule has 4 atom stereocenters. The summed E-state index contributed by atoms with van der Waals surface area (Å²) in [5.41, 5.74) is -8.26. The molecule has 4 rings (SSSR count). The van der Waals surface area contributed by atoms with Gasteiger partial charge in [-0.05, 0) is 37.1 Å². The molecule has 0 heterocycles. The zero-order valence-corrected chi connectivity index (χ0v) is 15.7. The second kappa shape index (κ2) is 5.37. The van der Waals surface area contributed by atoms with Gasteiger partial charge < -0.3 is 15.3 Å². The third kappa shape index (κ3) is 1.73. The van der Waals surface area contributed by atoms with E-state index in [4.69, 9.17) is 0 Å².